The van der Waals surface area contributed by atoms with Gasteiger partial charge in [0.25, 0.3) is 0 Å². The summed E-state index contributed by atoms with van der Waals surface area (Å²) in [4.78, 5) is 10.8. The van der Waals surface area contributed by atoms with E-state index in [9.17, 15) is 15.3 Å². The number of hydrogen-bond donors (Lipinski definition) is 6. The average molecular weight is 613 g/mol. The van der Waals surface area contributed by atoms with Crippen LogP contribution in [0.5, 0.6) is 11.5 Å². The quantitative estimate of drug-likeness (QED) is 0.103. The molecule has 7 N–H and O–H groups in total. The van der Waals surface area contributed by atoms with Crippen molar-refractivity contribution < 1.29 is 20.1 Å². The third-order valence-electron chi connectivity index (χ3n) is 10.3. The van der Waals surface area contributed by atoms with Gasteiger partial charge in [0.05, 0.1) is 18.8 Å². The largest absolute Gasteiger partial charge is 0.504 e. The third-order valence-corrected chi connectivity index (χ3v) is 10.3. The number of benzene rings is 1. The van der Waals surface area contributed by atoms with Gasteiger partial charge in [-0.3, -0.25) is 0 Å². The maximum Gasteiger partial charge on any atom is 0.161 e. The minimum Gasteiger partial charge on any atom is -0.504 e. The van der Waals surface area contributed by atoms with E-state index in [2.05, 4.69) is 33.3 Å². The Labute approximate surface area is 266 Å². The summed E-state index contributed by atoms with van der Waals surface area (Å²) in [5.74, 6) is 2.65. The van der Waals surface area contributed by atoms with Gasteiger partial charge < -0.3 is 35.8 Å². The third kappa shape index (κ3) is 7.92. The van der Waals surface area contributed by atoms with Crippen molar-refractivity contribution >= 4 is 5.82 Å². The van der Waals surface area contributed by atoms with Gasteiger partial charge in [0.1, 0.15) is 5.82 Å². The zero-order valence-corrected chi connectivity index (χ0v) is 26.1. The fourth-order valence-electron chi connectivity index (χ4n) is 7.79. The monoisotopic (exact) mass is 612 g/mol. The van der Waals surface area contributed by atoms with Crippen molar-refractivity contribution in [2.75, 3.05) is 12.3 Å². The van der Waals surface area contributed by atoms with Crippen LogP contribution in [0.2, 0.25) is 0 Å². The van der Waals surface area contributed by atoms with Crippen LogP contribution < -0.4 is 10.5 Å². The van der Waals surface area contributed by atoms with Crippen molar-refractivity contribution in [3.8, 4) is 11.5 Å². The molecular formula is C37H48N4O4. The molecule has 0 amide bonds. The number of fused-ring (bicyclic) bond motifs is 3. The number of pyridine rings is 1. The fourth-order valence-corrected chi connectivity index (χ4v) is 7.79. The van der Waals surface area contributed by atoms with Crippen LogP contribution >= 0.6 is 0 Å². The number of aromatic nitrogens is 3. The summed E-state index contributed by atoms with van der Waals surface area (Å²) in [5.41, 5.74) is 12.0. The fraction of sp³-hybridized carbons (Fsp3) is 0.486. The first-order chi connectivity index (χ1) is 21.9. The van der Waals surface area contributed by atoms with Crippen molar-refractivity contribution in [3.63, 3.8) is 0 Å². The molecule has 0 spiro atoms. The molecule has 3 heterocycles. The highest BCUT2D eigenvalue weighted by molar-refractivity contribution is 5.42. The van der Waals surface area contributed by atoms with E-state index >= 15 is 0 Å². The summed E-state index contributed by atoms with van der Waals surface area (Å²) in [5, 5.41) is 32.7. The van der Waals surface area contributed by atoms with E-state index in [1.165, 1.54) is 24.1 Å². The minimum absolute atomic E-state index is 0.101. The van der Waals surface area contributed by atoms with Gasteiger partial charge in [0.2, 0.25) is 0 Å². The smallest absolute Gasteiger partial charge is 0.161 e. The van der Waals surface area contributed by atoms with E-state index in [-0.39, 0.29) is 17.6 Å². The number of H-pyrrole nitrogens is 2. The molecule has 8 nitrogen and oxygen atoms in total. The number of ether oxygens (including phenoxy) is 1. The van der Waals surface area contributed by atoms with Crippen LogP contribution in [0.1, 0.15) is 91.3 Å². The van der Waals surface area contributed by atoms with Gasteiger partial charge in [-0.2, -0.15) is 0 Å². The van der Waals surface area contributed by atoms with Gasteiger partial charge in [0.15, 0.2) is 11.5 Å². The molecule has 0 saturated heterocycles. The number of phenolic OH excluding ortho intramolecular Hbond substituents is 1. The Bertz CT molecular complexity index is 1500. The van der Waals surface area contributed by atoms with E-state index in [4.69, 9.17) is 10.5 Å². The van der Waals surface area contributed by atoms with E-state index in [0.717, 1.165) is 55.3 Å². The molecule has 1 aromatic carbocycles. The Hall–Kier alpha value is -3.75. The van der Waals surface area contributed by atoms with Crippen molar-refractivity contribution in [1.82, 2.24) is 15.0 Å². The number of aliphatic hydroxyl groups is 2. The summed E-state index contributed by atoms with van der Waals surface area (Å²) in [7, 11) is 0. The molecule has 1 saturated carbocycles. The average Bonchev–Trinajstić information content (AvgIpc) is 3.69. The zero-order valence-electron chi connectivity index (χ0n) is 26.1. The van der Waals surface area contributed by atoms with Gasteiger partial charge in [-0.1, -0.05) is 12.5 Å². The SMILES string of the molecule is Nc1cc([C@H](CCOc2cc(CC[C@@H](O)C[C@@H](O)[C@@H]3CCC[C@H]4CCc5[nH]ccc5[C@H]4C3)ccc2O)Cc2ccc[nH]2)ccn1. The summed E-state index contributed by atoms with van der Waals surface area (Å²) >= 11 is 0. The number of rotatable bonds is 13. The van der Waals surface area contributed by atoms with Gasteiger partial charge >= 0.3 is 0 Å². The highest BCUT2D eigenvalue weighted by atomic mass is 16.5. The molecule has 45 heavy (non-hydrogen) atoms. The van der Waals surface area contributed by atoms with Crippen LogP contribution in [0, 0.1) is 11.8 Å². The standard InChI is InChI=1S/C37H48N4O4/c38-37-22-26(12-16-41-37)27(20-29-5-2-15-39-29)14-18-45-36-19-24(7-11-34(36)43)6-9-30(42)23-35(44)28-4-1-3-25-8-10-33-31(13-17-40-33)32(25)21-28/h2,5,7,11-13,15-17,19,22,25,27-28,30,32,35,39-40,42-44H,1,3-4,6,8-10,14,18,20-21,23H2,(H2,38,41)/t25-,27+,28+,30+,32-,35+/m0/s1. The number of aromatic hydroxyl groups is 1. The van der Waals surface area contributed by atoms with Crippen LogP contribution in [0.25, 0.3) is 0 Å². The predicted molar refractivity (Wildman–Crippen MR) is 176 cm³/mol. The maximum atomic E-state index is 11.2. The van der Waals surface area contributed by atoms with Crippen LogP contribution in [0.4, 0.5) is 5.82 Å². The molecule has 1 fully saturated rings. The number of nitrogens with zero attached hydrogens (tertiary/aromatic N) is 1. The summed E-state index contributed by atoms with van der Waals surface area (Å²) in [6, 6.07) is 15.6. The molecule has 6 atom stereocenters. The maximum absolute atomic E-state index is 11.2. The second-order valence-corrected chi connectivity index (χ2v) is 13.3. The number of aryl methyl sites for hydroxylation is 2. The highest BCUT2D eigenvalue weighted by Crippen LogP contribution is 2.46. The Kier molecular flexibility index (Phi) is 10.1. The Morgan fingerprint density at radius 3 is 2.76 bits per heavy atom. The number of phenols is 1. The molecule has 8 heteroatoms. The number of hydrogen-bond acceptors (Lipinski definition) is 6. The molecule has 240 valence electrons. The van der Waals surface area contributed by atoms with E-state index in [1.807, 2.05) is 36.5 Å². The van der Waals surface area contributed by atoms with Crippen molar-refractivity contribution in [3.05, 3.63) is 95.2 Å². The molecule has 3 aromatic heterocycles. The van der Waals surface area contributed by atoms with Crippen molar-refractivity contribution in [2.24, 2.45) is 11.8 Å². The summed E-state index contributed by atoms with van der Waals surface area (Å²) in [6.07, 6.45) is 14.5. The molecule has 4 aromatic rings. The molecule has 2 aliphatic carbocycles. The van der Waals surface area contributed by atoms with Gasteiger partial charge in [-0.25, -0.2) is 4.98 Å². The van der Waals surface area contributed by atoms with E-state index in [1.54, 1.807) is 12.3 Å². The lowest BCUT2D eigenvalue weighted by Gasteiger charge is -2.33. The summed E-state index contributed by atoms with van der Waals surface area (Å²) < 4.78 is 6.09. The number of nitrogens with one attached hydrogen (secondary N) is 2. The number of anilines is 1. The first-order valence-electron chi connectivity index (χ1n) is 16.7. The molecular weight excluding hydrogens is 564 g/mol. The lowest BCUT2D eigenvalue weighted by Crippen LogP contribution is -2.28. The van der Waals surface area contributed by atoms with Gasteiger partial charge in [-0.15, -0.1) is 0 Å². The topological polar surface area (TPSA) is 140 Å². The molecule has 0 aliphatic heterocycles. The Balaban J connectivity index is 1.00. The minimum atomic E-state index is -0.590. The first-order valence-corrected chi connectivity index (χ1v) is 16.7. The Morgan fingerprint density at radius 1 is 1.00 bits per heavy atom. The van der Waals surface area contributed by atoms with Crippen molar-refractivity contribution in [1.29, 1.82) is 0 Å². The van der Waals surface area contributed by atoms with Crippen LogP contribution in [-0.4, -0.2) is 49.1 Å². The molecule has 0 unspecified atom stereocenters. The van der Waals surface area contributed by atoms with Gasteiger partial charge in [0, 0.05) is 30.0 Å². The second kappa shape index (κ2) is 14.6. The lowest BCUT2D eigenvalue weighted by atomic mass is 9.73. The normalized spacial score (nSPS) is 21.7. The summed E-state index contributed by atoms with van der Waals surface area (Å²) in [6.45, 7) is 0.424. The molecule has 0 radical (unpaired) electrons. The molecule has 0 bridgehead atoms. The number of nitrogens with two attached hydrogens (primary N) is 1. The molecule has 6 rings (SSSR count). The van der Waals surface area contributed by atoms with E-state index in [0.29, 0.717) is 49.3 Å². The van der Waals surface area contributed by atoms with E-state index < -0.39 is 12.2 Å². The highest BCUT2D eigenvalue weighted by Gasteiger charge is 2.36. The number of aliphatic hydroxyl groups excluding tert-OH is 2. The second-order valence-electron chi connectivity index (χ2n) is 13.3. The van der Waals surface area contributed by atoms with Crippen LogP contribution in [-0.2, 0) is 19.3 Å². The number of nitrogen functional groups attached to an aromatic ring is 1. The van der Waals surface area contributed by atoms with Crippen LogP contribution in [0.15, 0.2) is 67.1 Å². The van der Waals surface area contributed by atoms with Gasteiger partial charge in [-0.05, 0) is 147 Å². The zero-order chi connectivity index (χ0) is 31.2. The Morgan fingerprint density at radius 2 is 1.91 bits per heavy atom. The lowest BCUT2D eigenvalue weighted by molar-refractivity contribution is 0.0332. The molecule has 2 aliphatic rings. The van der Waals surface area contributed by atoms with Crippen LogP contribution in [0.3, 0.4) is 0 Å². The first kappa shape index (κ1) is 31.2. The van der Waals surface area contributed by atoms with Crippen molar-refractivity contribution in [2.45, 2.75) is 94.7 Å². The number of aromatic amines is 2. The predicted octanol–water partition coefficient (Wildman–Crippen LogP) is 6.40.